The standard InChI is InChI=1S/C22H22F2N2O6S/c1-30-19-12-15(13-20-22(19)32-11-10-31-20)2-5-21(27)25-6-8-26(9-7-25)33(28,29)16-3-4-17(23)18(24)14-16/h2-5,12-14H,6-11H2,1H3/b5-2+. The second-order valence-electron chi connectivity index (χ2n) is 7.39. The van der Waals surface area contributed by atoms with Crippen molar-refractivity contribution in [2.75, 3.05) is 46.5 Å². The quantitative estimate of drug-likeness (QED) is 0.611. The Morgan fingerprint density at radius 1 is 1.03 bits per heavy atom. The van der Waals surface area contributed by atoms with Gasteiger partial charge in [0.1, 0.15) is 13.2 Å². The molecule has 0 atom stereocenters. The van der Waals surface area contributed by atoms with Gasteiger partial charge in [0.25, 0.3) is 0 Å². The first-order valence-corrected chi connectivity index (χ1v) is 11.6. The van der Waals surface area contributed by atoms with Gasteiger partial charge in [0, 0.05) is 32.3 Å². The van der Waals surface area contributed by atoms with E-state index in [2.05, 4.69) is 0 Å². The van der Waals surface area contributed by atoms with Crippen molar-refractivity contribution in [1.29, 1.82) is 0 Å². The third-order valence-corrected chi connectivity index (χ3v) is 7.24. The molecule has 4 rings (SSSR count). The van der Waals surface area contributed by atoms with Gasteiger partial charge in [-0.3, -0.25) is 4.79 Å². The number of sulfonamides is 1. The molecular weight excluding hydrogens is 458 g/mol. The average Bonchev–Trinajstić information content (AvgIpc) is 2.83. The normalized spacial score (nSPS) is 16.8. The first kappa shape index (κ1) is 23.0. The molecule has 2 aliphatic heterocycles. The molecule has 2 aromatic rings. The number of carbonyl (C=O) groups excluding carboxylic acids is 1. The number of halogens is 2. The summed E-state index contributed by atoms with van der Waals surface area (Å²) in [6, 6.07) is 5.93. The Morgan fingerprint density at radius 2 is 1.76 bits per heavy atom. The number of carbonyl (C=O) groups is 1. The van der Waals surface area contributed by atoms with Crippen LogP contribution >= 0.6 is 0 Å². The van der Waals surface area contributed by atoms with Gasteiger partial charge in [0.2, 0.25) is 21.7 Å². The molecule has 0 saturated carbocycles. The minimum atomic E-state index is -3.99. The first-order chi connectivity index (χ1) is 15.8. The molecule has 0 radical (unpaired) electrons. The van der Waals surface area contributed by atoms with E-state index < -0.39 is 21.7 Å². The van der Waals surface area contributed by atoms with Crippen molar-refractivity contribution in [2.45, 2.75) is 4.90 Å². The van der Waals surface area contributed by atoms with E-state index in [-0.39, 0.29) is 37.0 Å². The summed E-state index contributed by atoms with van der Waals surface area (Å²) in [5.41, 5.74) is 0.684. The highest BCUT2D eigenvalue weighted by atomic mass is 32.2. The van der Waals surface area contributed by atoms with E-state index in [1.807, 2.05) is 0 Å². The van der Waals surface area contributed by atoms with Crippen LogP contribution in [0.25, 0.3) is 6.08 Å². The number of fused-ring (bicyclic) bond motifs is 1. The van der Waals surface area contributed by atoms with Crippen LogP contribution in [0.4, 0.5) is 8.78 Å². The number of hydrogen-bond donors (Lipinski definition) is 0. The third-order valence-electron chi connectivity index (χ3n) is 5.35. The summed E-state index contributed by atoms with van der Waals surface area (Å²) in [6.07, 6.45) is 3.01. The van der Waals surface area contributed by atoms with E-state index in [9.17, 15) is 22.0 Å². The van der Waals surface area contributed by atoms with Crippen molar-refractivity contribution in [2.24, 2.45) is 0 Å². The molecule has 0 spiro atoms. The van der Waals surface area contributed by atoms with Gasteiger partial charge < -0.3 is 19.1 Å². The smallest absolute Gasteiger partial charge is 0.246 e. The summed E-state index contributed by atoms with van der Waals surface area (Å²) in [5, 5.41) is 0. The summed E-state index contributed by atoms with van der Waals surface area (Å²) >= 11 is 0. The lowest BCUT2D eigenvalue weighted by Gasteiger charge is -2.33. The van der Waals surface area contributed by atoms with E-state index in [4.69, 9.17) is 14.2 Å². The Labute approximate surface area is 190 Å². The molecule has 176 valence electrons. The molecule has 8 nitrogen and oxygen atoms in total. The van der Waals surface area contributed by atoms with Crippen LogP contribution in [0.1, 0.15) is 5.56 Å². The Kier molecular flexibility index (Phi) is 6.52. The SMILES string of the molecule is COc1cc(/C=C/C(=O)N2CCN(S(=O)(=O)c3ccc(F)c(F)c3)CC2)cc2c1OCCO2. The van der Waals surface area contributed by atoms with E-state index in [1.54, 1.807) is 18.2 Å². The van der Waals surface area contributed by atoms with Crippen LogP contribution < -0.4 is 14.2 Å². The van der Waals surface area contributed by atoms with E-state index in [1.165, 1.54) is 18.1 Å². The summed E-state index contributed by atoms with van der Waals surface area (Å²) in [7, 11) is -2.48. The van der Waals surface area contributed by atoms with Crippen LogP contribution in [-0.2, 0) is 14.8 Å². The van der Waals surface area contributed by atoms with E-state index >= 15 is 0 Å². The van der Waals surface area contributed by atoms with E-state index in [0.29, 0.717) is 42.1 Å². The third kappa shape index (κ3) is 4.79. The first-order valence-electron chi connectivity index (χ1n) is 10.2. The number of benzene rings is 2. The molecule has 2 aromatic carbocycles. The van der Waals surface area contributed by atoms with Crippen LogP contribution in [0.15, 0.2) is 41.3 Å². The minimum absolute atomic E-state index is 0.0404. The molecule has 2 aliphatic rings. The molecule has 0 N–H and O–H groups in total. The maximum atomic E-state index is 13.5. The van der Waals surface area contributed by atoms with Gasteiger partial charge in [-0.2, -0.15) is 4.31 Å². The highest BCUT2D eigenvalue weighted by Gasteiger charge is 2.30. The van der Waals surface area contributed by atoms with Gasteiger partial charge in [-0.25, -0.2) is 17.2 Å². The van der Waals surface area contributed by atoms with Crippen molar-refractivity contribution in [3.05, 3.63) is 53.6 Å². The molecule has 11 heteroatoms. The van der Waals surface area contributed by atoms with Crippen molar-refractivity contribution >= 4 is 22.0 Å². The van der Waals surface area contributed by atoms with Gasteiger partial charge >= 0.3 is 0 Å². The maximum Gasteiger partial charge on any atom is 0.246 e. The second-order valence-corrected chi connectivity index (χ2v) is 9.32. The van der Waals surface area contributed by atoms with Crippen LogP contribution in [0, 0.1) is 11.6 Å². The molecule has 1 fully saturated rings. The predicted octanol–water partition coefficient (Wildman–Crippen LogP) is 2.29. The molecule has 0 unspecified atom stereocenters. The zero-order chi connectivity index (χ0) is 23.6. The summed E-state index contributed by atoms with van der Waals surface area (Å²) < 4.78 is 69.6. The Balaban J connectivity index is 1.40. The number of piperazine rings is 1. The van der Waals surface area contributed by atoms with Crippen LogP contribution in [-0.4, -0.2) is 70.0 Å². The van der Waals surface area contributed by atoms with Crippen molar-refractivity contribution in [3.8, 4) is 17.2 Å². The van der Waals surface area contributed by atoms with Gasteiger partial charge in [0.05, 0.1) is 12.0 Å². The summed E-state index contributed by atoms with van der Waals surface area (Å²) in [6.45, 7) is 1.25. The van der Waals surface area contributed by atoms with Gasteiger partial charge in [-0.15, -0.1) is 0 Å². The van der Waals surface area contributed by atoms with Crippen molar-refractivity contribution in [3.63, 3.8) is 0 Å². The number of ether oxygens (including phenoxy) is 3. The Morgan fingerprint density at radius 3 is 2.45 bits per heavy atom. The number of methoxy groups -OCH3 is 1. The summed E-state index contributed by atoms with van der Waals surface area (Å²) in [5.74, 6) is -1.09. The fourth-order valence-corrected chi connectivity index (χ4v) is 5.03. The second kappa shape index (κ2) is 9.36. The lowest BCUT2D eigenvalue weighted by atomic mass is 10.1. The molecule has 1 amide bonds. The van der Waals surface area contributed by atoms with E-state index in [0.717, 1.165) is 16.4 Å². The van der Waals surface area contributed by atoms with Gasteiger partial charge in [0.15, 0.2) is 23.1 Å². The topological polar surface area (TPSA) is 85.4 Å². The average molecular weight is 480 g/mol. The van der Waals surface area contributed by atoms with Crippen LogP contribution in [0.2, 0.25) is 0 Å². The van der Waals surface area contributed by atoms with Crippen LogP contribution in [0.3, 0.4) is 0 Å². The Bertz CT molecular complexity index is 1180. The minimum Gasteiger partial charge on any atom is -0.493 e. The highest BCUT2D eigenvalue weighted by molar-refractivity contribution is 7.89. The Hall–Kier alpha value is -3.18. The maximum absolute atomic E-state index is 13.5. The molecular formula is C22H22F2N2O6S. The number of nitrogens with zero attached hydrogens (tertiary/aromatic N) is 2. The molecule has 0 aliphatic carbocycles. The molecule has 2 heterocycles. The fourth-order valence-electron chi connectivity index (χ4n) is 3.60. The highest BCUT2D eigenvalue weighted by Crippen LogP contribution is 2.40. The van der Waals surface area contributed by atoms with Gasteiger partial charge in [-0.05, 0) is 42.0 Å². The molecule has 33 heavy (non-hydrogen) atoms. The van der Waals surface area contributed by atoms with Crippen molar-refractivity contribution < 1.29 is 36.2 Å². The molecule has 1 saturated heterocycles. The van der Waals surface area contributed by atoms with Crippen LogP contribution in [0.5, 0.6) is 17.2 Å². The fraction of sp³-hybridized carbons (Fsp3) is 0.318. The molecule has 0 bridgehead atoms. The monoisotopic (exact) mass is 480 g/mol. The van der Waals surface area contributed by atoms with Crippen molar-refractivity contribution in [1.82, 2.24) is 9.21 Å². The largest absolute Gasteiger partial charge is 0.493 e. The number of rotatable bonds is 5. The zero-order valence-electron chi connectivity index (χ0n) is 17.8. The zero-order valence-corrected chi connectivity index (χ0v) is 18.6. The van der Waals surface area contributed by atoms with Gasteiger partial charge in [-0.1, -0.05) is 0 Å². The molecule has 0 aromatic heterocycles. The number of amides is 1. The number of hydrogen-bond acceptors (Lipinski definition) is 6. The lowest BCUT2D eigenvalue weighted by molar-refractivity contribution is -0.127. The predicted molar refractivity (Wildman–Crippen MR) is 115 cm³/mol. The lowest BCUT2D eigenvalue weighted by Crippen LogP contribution is -2.50. The summed E-state index contributed by atoms with van der Waals surface area (Å²) in [4.78, 5) is 13.8.